The zero-order valence-electron chi connectivity index (χ0n) is 7.31. The average molecular weight is 234 g/mol. The minimum absolute atomic E-state index is 0.245. The maximum atomic E-state index is 12.4. The van der Waals surface area contributed by atoms with E-state index in [2.05, 4.69) is 0 Å². The van der Waals surface area contributed by atoms with Crippen LogP contribution in [0.5, 0.6) is 0 Å². The lowest BCUT2D eigenvalue weighted by atomic mass is 10.1. The number of benzene rings is 1. The van der Waals surface area contributed by atoms with E-state index in [4.69, 9.17) is 11.6 Å². The third-order valence-corrected chi connectivity index (χ3v) is 1.97. The maximum absolute atomic E-state index is 12.4. The second-order valence-corrected chi connectivity index (χ2v) is 3.10. The van der Waals surface area contributed by atoms with E-state index in [-0.39, 0.29) is 10.6 Å². The summed E-state index contributed by atoms with van der Waals surface area (Å²) in [4.78, 5) is 9.87. The fourth-order valence-corrected chi connectivity index (χ4v) is 1.22. The quantitative estimate of drug-likeness (QED) is 0.715. The van der Waals surface area contributed by atoms with Crippen LogP contribution in [0.15, 0.2) is 24.3 Å². The van der Waals surface area contributed by atoms with Gasteiger partial charge in [-0.15, -0.1) is 0 Å². The van der Waals surface area contributed by atoms with Gasteiger partial charge in [0.25, 0.3) is 0 Å². The fourth-order valence-electron chi connectivity index (χ4n) is 0.994. The summed E-state index contributed by atoms with van der Waals surface area (Å²) in [5, 5.41) is -0.366. The van der Waals surface area contributed by atoms with Gasteiger partial charge in [0.1, 0.15) is 0 Å². The summed E-state index contributed by atoms with van der Waals surface area (Å²) in [6, 6.07) is 3.39. The molecular weight excluding hydrogens is 229 g/mol. The normalized spacial score (nSPS) is 12.0. The molecule has 0 heterocycles. The van der Waals surface area contributed by atoms with E-state index in [0.717, 1.165) is 18.2 Å². The van der Waals surface area contributed by atoms with Crippen molar-refractivity contribution in [3.8, 4) is 0 Å². The number of alkyl halides is 3. The molecule has 0 N–H and O–H groups in total. The molecule has 0 unspecified atom stereocenters. The van der Waals surface area contributed by atoms with Crippen LogP contribution in [0.3, 0.4) is 0 Å². The molecule has 0 aliphatic carbocycles. The van der Waals surface area contributed by atoms with Gasteiger partial charge in [0, 0.05) is 0 Å². The molecule has 0 amide bonds. The maximum Gasteiger partial charge on any atom is 0.417 e. The minimum Gasteiger partial charge on any atom is -0.286 e. The third-order valence-electron chi connectivity index (χ3n) is 1.64. The highest BCUT2D eigenvalue weighted by Gasteiger charge is 2.33. The summed E-state index contributed by atoms with van der Waals surface area (Å²) < 4.78 is 37.1. The molecule has 79 valence electrons. The smallest absolute Gasteiger partial charge is 0.286 e. The molecule has 5 heteroatoms. The summed E-state index contributed by atoms with van der Waals surface area (Å²) in [6.45, 7) is 0. The van der Waals surface area contributed by atoms with Crippen LogP contribution in [-0.4, -0.2) is 6.29 Å². The lowest BCUT2D eigenvalue weighted by molar-refractivity contribution is -0.137. The zero-order chi connectivity index (χ0) is 11.5. The van der Waals surface area contributed by atoms with Gasteiger partial charge in [-0.25, -0.2) is 0 Å². The van der Waals surface area contributed by atoms with E-state index in [1.54, 1.807) is 0 Å². The number of allylic oxidation sites excluding steroid dienone is 1. The lowest BCUT2D eigenvalue weighted by Gasteiger charge is -2.09. The van der Waals surface area contributed by atoms with Crippen molar-refractivity contribution in [1.29, 1.82) is 0 Å². The molecule has 1 rings (SSSR count). The molecule has 0 bridgehead atoms. The van der Waals surface area contributed by atoms with Gasteiger partial charge < -0.3 is 0 Å². The van der Waals surface area contributed by atoms with Crippen LogP contribution in [-0.2, 0) is 11.0 Å². The van der Waals surface area contributed by atoms with Crippen molar-refractivity contribution in [2.75, 3.05) is 0 Å². The van der Waals surface area contributed by atoms with Crippen molar-refractivity contribution >= 4 is 24.0 Å². The minimum atomic E-state index is -4.49. The molecule has 0 saturated heterocycles. The summed E-state index contributed by atoms with van der Waals surface area (Å²) in [5.74, 6) is 0. The SMILES string of the molecule is O=[C]C=Cc1ccc(Cl)c(C(F)(F)F)c1. The predicted molar refractivity (Wildman–Crippen MR) is 51.2 cm³/mol. The Morgan fingerprint density at radius 3 is 2.53 bits per heavy atom. The van der Waals surface area contributed by atoms with Gasteiger partial charge in [-0.3, -0.25) is 4.79 Å². The highest BCUT2D eigenvalue weighted by molar-refractivity contribution is 6.31. The second kappa shape index (κ2) is 4.49. The van der Waals surface area contributed by atoms with E-state index < -0.39 is 11.7 Å². The van der Waals surface area contributed by atoms with E-state index in [9.17, 15) is 18.0 Å². The van der Waals surface area contributed by atoms with Crippen molar-refractivity contribution in [2.24, 2.45) is 0 Å². The van der Waals surface area contributed by atoms with E-state index in [0.29, 0.717) is 0 Å². The highest BCUT2D eigenvalue weighted by Crippen LogP contribution is 2.35. The average Bonchev–Trinajstić information content (AvgIpc) is 2.15. The molecule has 15 heavy (non-hydrogen) atoms. The number of rotatable bonds is 2. The van der Waals surface area contributed by atoms with Crippen molar-refractivity contribution in [1.82, 2.24) is 0 Å². The number of halogens is 4. The molecule has 0 fully saturated rings. The van der Waals surface area contributed by atoms with Crippen LogP contribution in [0.25, 0.3) is 6.08 Å². The van der Waals surface area contributed by atoms with Gasteiger partial charge in [-0.05, 0) is 23.8 Å². The van der Waals surface area contributed by atoms with Crippen molar-refractivity contribution in [3.05, 3.63) is 40.4 Å². The summed E-state index contributed by atoms with van der Waals surface area (Å²) in [6.07, 6.45) is -0.840. The molecule has 1 nitrogen and oxygen atoms in total. The Labute approximate surface area is 89.2 Å². The van der Waals surface area contributed by atoms with Gasteiger partial charge in [-0.2, -0.15) is 13.2 Å². The van der Waals surface area contributed by atoms with Gasteiger partial charge in [-0.1, -0.05) is 23.7 Å². The molecule has 0 aromatic heterocycles. The number of carbonyl (C=O) groups excluding carboxylic acids is 1. The first kappa shape index (κ1) is 11.8. The van der Waals surface area contributed by atoms with E-state index in [1.807, 2.05) is 0 Å². The second-order valence-electron chi connectivity index (χ2n) is 2.69. The fraction of sp³-hybridized carbons (Fsp3) is 0.100. The van der Waals surface area contributed by atoms with E-state index in [1.165, 1.54) is 18.4 Å². The van der Waals surface area contributed by atoms with Crippen molar-refractivity contribution < 1.29 is 18.0 Å². The summed E-state index contributed by atoms with van der Waals surface area (Å²) >= 11 is 5.39. The Hall–Kier alpha value is -1.29. The monoisotopic (exact) mass is 233 g/mol. The molecule has 0 spiro atoms. The molecule has 1 aromatic carbocycles. The lowest BCUT2D eigenvalue weighted by Crippen LogP contribution is -2.05. The van der Waals surface area contributed by atoms with Crippen LogP contribution in [0.1, 0.15) is 11.1 Å². The molecular formula is C10H5ClF3O. The number of hydrogen-bond donors (Lipinski definition) is 0. The largest absolute Gasteiger partial charge is 0.417 e. The Balaban J connectivity index is 3.17. The van der Waals surface area contributed by atoms with Gasteiger partial charge in [0.2, 0.25) is 6.29 Å². The van der Waals surface area contributed by atoms with E-state index >= 15 is 0 Å². The van der Waals surface area contributed by atoms with Crippen LogP contribution in [0.2, 0.25) is 5.02 Å². The standard InChI is InChI=1S/C10H5ClF3O/c11-9-4-3-7(2-1-5-15)6-8(9)10(12,13)14/h1-4,6H. The van der Waals surface area contributed by atoms with Crippen molar-refractivity contribution in [2.45, 2.75) is 6.18 Å². The van der Waals surface area contributed by atoms with Crippen LogP contribution < -0.4 is 0 Å². The molecule has 0 saturated carbocycles. The Kier molecular flexibility index (Phi) is 3.52. The molecule has 1 aromatic rings. The first-order valence-corrected chi connectivity index (χ1v) is 4.24. The molecule has 1 radical (unpaired) electrons. The molecule has 0 aliphatic rings. The summed E-state index contributed by atoms with van der Waals surface area (Å²) in [5.41, 5.74) is -0.674. The first-order valence-electron chi connectivity index (χ1n) is 3.86. The Morgan fingerprint density at radius 2 is 2.00 bits per heavy atom. The Bertz CT molecular complexity index is 396. The molecule has 0 aliphatic heterocycles. The van der Waals surface area contributed by atoms with Crippen LogP contribution in [0.4, 0.5) is 13.2 Å². The predicted octanol–water partition coefficient (Wildman–Crippen LogP) is 3.48. The van der Waals surface area contributed by atoms with Gasteiger partial charge >= 0.3 is 6.18 Å². The zero-order valence-corrected chi connectivity index (χ0v) is 8.06. The number of hydrogen-bond acceptors (Lipinski definition) is 1. The van der Waals surface area contributed by atoms with Gasteiger partial charge in [0.05, 0.1) is 10.6 Å². The van der Waals surface area contributed by atoms with Crippen molar-refractivity contribution in [3.63, 3.8) is 0 Å². The van der Waals surface area contributed by atoms with Crippen LogP contribution >= 0.6 is 11.6 Å². The van der Waals surface area contributed by atoms with Crippen LogP contribution in [0, 0.1) is 0 Å². The third kappa shape index (κ3) is 3.09. The molecule has 0 atom stereocenters. The summed E-state index contributed by atoms with van der Waals surface area (Å²) in [7, 11) is 0. The highest BCUT2D eigenvalue weighted by atomic mass is 35.5. The first-order chi connectivity index (χ1) is 6.95. The Morgan fingerprint density at radius 1 is 1.33 bits per heavy atom. The van der Waals surface area contributed by atoms with Gasteiger partial charge in [0.15, 0.2) is 0 Å². The topological polar surface area (TPSA) is 17.1 Å².